The number of ketones is 2. The normalized spacial score (nSPS) is 11.8. The number of rotatable bonds is 10. The Balaban J connectivity index is 1.61. The van der Waals surface area contributed by atoms with E-state index in [0.29, 0.717) is 46.8 Å². The van der Waals surface area contributed by atoms with Crippen molar-refractivity contribution in [3.8, 4) is 11.5 Å². The SMILES string of the molecule is C=CCOc1cc(C)c(Nc2ccc(Nc3c(C)cc(OCC=C)cc3C)c3c2C(=O)c2ccccc2C3=O)c(C)c1. The number of nitrogens with one attached hydrogen (secondary N) is 2. The molecule has 0 saturated heterocycles. The summed E-state index contributed by atoms with van der Waals surface area (Å²) in [5.41, 5.74) is 8.11. The highest BCUT2D eigenvalue weighted by Crippen LogP contribution is 2.41. The number of hydrogen-bond donors (Lipinski definition) is 2. The molecule has 0 radical (unpaired) electrons. The largest absolute Gasteiger partial charge is 0.490 e. The lowest BCUT2D eigenvalue weighted by atomic mass is 9.82. The smallest absolute Gasteiger partial charge is 0.196 e. The molecule has 0 bridgehead atoms. The minimum atomic E-state index is -0.200. The van der Waals surface area contributed by atoms with E-state index >= 15 is 0 Å². The van der Waals surface area contributed by atoms with E-state index in [1.54, 1.807) is 36.4 Å². The molecule has 0 atom stereocenters. The van der Waals surface area contributed by atoms with Gasteiger partial charge in [-0.05, 0) is 86.3 Å². The van der Waals surface area contributed by atoms with E-state index in [-0.39, 0.29) is 11.6 Å². The van der Waals surface area contributed by atoms with Crippen LogP contribution in [-0.4, -0.2) is 24.8 Å². The lowest BCUT2D eigenvalue weighted by Gasteiger charge is -2.25. The second-order valence-corrected chi connectivity index (χ2v) is 10.4. The maximum Gasteiger partial charge on any atom is 0.196 e. The Hall–Kier alpha value is -5.10. The minimum Gasteiger partial charge on any atom is -0.490 e. The van der Waals surface area contributed by atoms with Crippen LogP contribution in [0.2, 0.25) is 0 Å². The van der Waals surface area contributed by atoms with Gasteiger partial charge in [-0.1, -0.05) is 49.6 Å². The summed E-state index contributed by atoms with van der Waals surface area (Å²) in [6, 6.07) is 18.5. The fraction of sp³-hybridized carbons (Fsp3) is 0.167. The Morgan fingerprint density at radius 1 is 0.619 bits per heavy atom. The van der Waals surface area contributed by atoms with Crippen LogP contribution in [0.1, 0.15) is 54.1 Å². The van der Waals surface area contributed by atoms with Crippen LogP contribution in [0.3, 0.4) is 0 Å². The molecule has 42 heavy (non-hydrogen) atoms. The highest BCUT2D eigenvalue weighted by molar-refractivity contribution is 6.32. The first kappa shape index (κ1) is 28.4. The van der Waals surface area contributed by atoms with Crippen molar-refractivity contribution >= 4 is 34.3 Å². The van der Waals surface area contributed by atoms with Crippen LogP contribution in [0, 0.1) is 27.7 Å². The van der Waals surface area contributed by atoms with E-state index in [1.807, 2.05) is 64.1 Å². The van der Waals surface area contributed by atoms with Gasteiger partial charge in [-0.2, -0.15) is 0 Å². The van der Waals surface area contributed by atoms with Gasteiger partial charge in [-0.25, -0.2) is 0 Å². The Morgan fingerprint density at radius 3 is 1.31 bits per heavy atom. The second-order valence-electron chi connectivity index (χ2n) is 10.4. The third-order valence-corrected chi connectivity index (χ3v) is 7.34. The van der Waals surface area contributed by atoms with Crippen molar-refractivity contribution in [3.05, 3.63) is 130 Å². The molecule has 6 nitrogen and oxygen atoms in total. The maximum atomic E-state index is 14.0. The summed E-state index contributed by atoms with van der Waals surface area (Å²) in [6.45, 7) is 16.2. The molecule has 0 amide bonds. The molecule has 6 heteroatoms. The third kappa shape index (κ3) is 5.31. The van der Waals surface area contributed by atoms with Crippen molar-refractivity contribution in [1.29, 1.82) is 0 Å². The fourth-order valence-corrected chi connectivity index (χ4v) is 5.42. The van der Waals surface area contributed by atoms with Crippen molar-refractivity contribution in [1.82, 2.24) is 0 Å². The first-order valence-corrected chi connectivity index (χ1v) is 13.8. The van der Waals surface area contributed by atoms with Crippen LogP contribution < -0.4 is 20.1 Å². The predicted molar refractivity (Wildman–Crippen MR) is 170 cm³/mol. The molecule has 212 valence electrons. The Morgan fingerprint density at radius 2 is 0.976 bits per heavy atom. The zero-order valence-corrected chi connectivity index (χ0v) is 24.4. The number of aryl methyl sites for hydroxylation is 4. The number of carbonyl (C=O) groups excluding carboxylic acids is 2. The molecule has 0 spiro atoms. The van der Waals surface area contributed by atoms with E-state index in [1.165, 1.54) is 0 Å². The van der Waals surface area contributed by atoms with Gasteiger partial charge in [0.15, 0.2) is 11.6 Å². The molecule has 1 aliphatic rings. The Kier molecular flexibility index (Phi) is 7.98. The number of fused-ring (bicyclic) bond motifs is 2. The number of ether oxygens (including phenoxy) is 2. The van der Waals surface area contributed by atoms with Crippen molar-refractivity contribution < 1.29 is 19.1 Å². The molecule has 0 fully saturated rings. The summed E-state index contributed by atoms with van der Waals surface area (Å²) in [6.07, 6.45) is 3.40. The summed E-state index contributed by atoms with van der Waals surface area (Å²) in [5, 5.41) is 6.95. The number of carbonyl (C=O) groups is 2. The molecule has 4 aromatic rings. The average molecular weight is 559 g/mol. The van der Waals surface area contributed by atoms with Crippen LogP contribution in [0.5, 0.6) is 11.5 Å². The topological polar surface area (TPSA) is 76.7 Å². The molecule has 0 unspecified atom stereocenters. The molecule has 5 rings (SSSR count). The van der Waals surface area contributed by atoms with E-state index in [0.717, 1.165) is 45.1 Å². The second kappa shape index (κ2) is 11.8. The van der Waals surface area contributed by atoms with Crippen molar-refractivity contribution in [3.63, 3.8) is 0 Å². The first-order chi connectivity index (χ1) is 20.2. The molecule has 4 aromatic carbocycles. The molecular weight excluding hydrogens is 524 g/mol. The molecule has 0 aliphatic heterocycles. The highest BCUT2D eigenvalue weighted by atomic mass is 16.5. The monoisotopic (exact) mass is 558 g/mol. The minimum absolute atomic E-state index is 0.200. The number of benzene rings is 4. The Labute approximate surface area is 246 Å². The average Bonchev–Trinajstić information content (AvgIpc) is 2.97. The predicted octanol–water partition coefficient (Wildman–Crippen LogP) is 8.31. The summed E-state index contributed by atoms with van der Waals surface area (Å²) in [7, 11) is 0. The van der Waals surface area contributed by atoms with Gasteiger partial charge in [0.05, 0.1) is 22.5 Å². The number of anilines is 4. The molecular formula is C36H34N2O4. The standard InChI is InChI=1S/C36H34N2O4/c1-7-15-41-25-17-21(3)33(22(4)18-25)37-29-13-14-30(38-34-23(5)19-26(20-24(34)6)42-16-8-2)32-31(29)35(39)27-11-9-10-12-28(27)36(32)40/h7-14,17-20,37-38H,1-2,15-16H2,3-6H3. The molecule has 0 aromatic heterocycles. The van der Waals surface area contributed by atoms with E-state index in [9.17, 15) is 9.59 Å². The van der Waals surface area contributed by atoms with Gasteiger partial charge in [-0.15, -0.1) is 0 Å². The van der Waals surface area contributed by atoms with E-state index in [4.69, 9.17) is 9.47 Å². The van der Waals surface area contributed by atoms with E-state index in [2.05, 4.69) is 23.8 Å². The van der Waals surface area contributed by atoms with Gasteiger partial charge < -0.3 is 20.1 Å². The van der Waals surface area contributed by atoms with Gasteiger partial charge in [0.2, 0.25) is 0 Å². The summed E-state index contributed by atoms with van der Waals surface area (Å²) >= 11 is 0. The maximum absolute atomic E-state index is 14.0. The van der Waals surface area contributed by atoms with Gasteiger partial charge >= 0.3 is 0 Å². The van der Waals surface area contributed by atoms with Crippen LogP contribution in [0.4, 0.5) is 22.7 Å². The highest BCUT2D eigenvalue weighted by Gasteiger charge is 2.34. The van der Waals surface area contributed by atoms with Gasteiger partial charge in [0.1, 0.15) is 24.7 Å². The van der Waals surface area contributed by atoms with Crippen molar-refractivity contribution in [2.45, 2.75) is 27.7 Å². The lowest BCUT2D eigenvalue weighted by Crippen LogP contribution is -2.23. The van der Waals surface area contributed by atoms with Crippen molar-refractivity contribution in [2.24, 2.45) is 0 Å². The molecule has 0 saturated carbocycles. The third-order valence-electron chi connectivity index (χ3n) is 7.34. The summed E-state index contributed by atoms with van der Waals surface area (Å²) < 4.78 is 11.5. The van der Waals surface area contributed by atoms with Crippen LogP contribution in [0.25, 0.3) is 0 Å². The molecule has 2 N–H and O–H groups in total. The lowest BCUT2D eigenvalue weighted by molar-refractivity contribution is 0.0980. The zero-order valence-electron chi connectivity index (χ0n) is 24.4. The molecule has 1 aliphatic carbocycles. The van der Waals surface area contributed by atoms with Crippen LogP contribution in [-0.2, 0) is 0 Å². The number of hydrogen-bond acceptors (Lipinski definition) is 6. The molecule has 0 heterocycles. The van der Waals surface area contributed by atoms with Crippen molar-refractivity contribution in [2.75, 3.05) is 23.8 Å². The zero-order chi connectivity index (χ0) is 30.0. The van der Waals surface area contributed by atoms with Crippen LogP contribution >= 0.6 is 0 Å². The Bertz CT molecular complexity index is 1580. The summed E-state index contributed by atoms with van der Waals surface area (Å²) in [5.74, 6) is 1.08. The first-order valence-electron chi connectivity index (χ1n) is 13.8. The quantitative estimate of drug-likeness (QED) is 0.168. The fourth-order valence-electron chi connectivity index (χ4n) is 5.42. The van der Waals surface area contributed by atoms with E-state index < -0.39 is 0 Å². The van der Waals surface area contributed by atoms with Gasteiger partial charge in [-0.3, -0.25) is 9.59 Å². The van der Waals surface area contributed by atoms with Gasteiger partial charge in [0, 0.05) is 22.5 Å². The van der Waals surface area contributed by atoms with Crippen LogP contribution in [0.15, 0.2) is 86.0 Å². The summed E-state index contributed by atoms with van der Waals surface area (Å²) in [4.78, 5) is 28.0. The van der Waals surface area contributed by atoms with Gasteiger partial charge in [0.25, 0.3) is 0 Å².